The topological polar surface area (TPSA) is 59.1 Å². The zero-order chi connectivity index (χ0) is 15.6. The summed E-state index contributed by atoms with van der Waals surface area (Å²) in [6.07, 6.45) is 3.10. The molecule has 2 unspecified atom stereocenters. The normalized spacial score (nSPS) is 14.9. The van der Waals surface area contributed by atoms with Gasteiger partial charge >= 0.3 is 0 Å². The van der Waals surface area contributed by atoms with Crippen LogP contribution in [0.15, 0.2) is 35.4 Å². The third kappa shape index (κ3) is 4.12. The molecule has 2 rings (SSSR count). The Hall–Kier alpha value is -1.24. The van der Waals surface area contributed by atoms with Crippen LogP contribution in [0.4, 0.5) is 0 Å². The Balaban J connectivity index is 2.08. The third-order valence-corrected chi connectivity index (χ3v) is 5.54. The highest BCUT2D eigenvalue weighted by Gasteiger charge is 2.14. The van der Waals surface area contributed by atoms with Crippen molar-refractivity contribution in [3.05, 3.63) is 45.9 Å². The van der Waals surface area contributed by atoms with Crippen LogP contribution in [0.3, 0.4) is 0 Å². The van der Waals surface area contributed by atoms with Gasteiger partial charge in [-0.15, -0.1) is 11.3 Å². The smallest absolute Gasteiger partial charge is 0.175 e. The van der Waals surface area contributed by atoms with Gasteiger partial charge in [0.05, 0.1) is 10.9 Å². The quantitative estimate of drug-likeness (QED) is 0.917. The van der Waals surface area contributed by atoms with E-state index in [-0.39, 0.29) is 12.1 Å². The Labute approximate surface area is 130 Å². The first-order valence-electron chi connectivity index (χ1n) is 6.76. The number of nitrogens with one attached hydrogen (secondary N) is 1. The van der Waals surface area contributed by atoms with Crippen molar-refractivity contribution in [1.82, 2.24) is 10.3 Å². The van der Waals surface area contributed by atoms with Crippen LogP contribution in [0.1, 0.15) is 41.4 Å². The van der Waals surface area contributed by atoms with Gasteiger partial charge in [0.1, 0.15) is 5.01 Å². The molecule has 2 aromatic rings. The molecule has 0 fully saturated rings. The van der Waals surface area contributed by atoms with Crippen LogP contribution in [0, 0.1) is 6.92 Å². The van der Waals surface area contributed by atoms with Gasteiger partial charge in [-0.3, -0.25) is 0 Å². The number of sulfone groups is 1. The second kappa shape index (κ2) is 6.25. The largest absolute Gasteiger partial charge is 0.302 e. The van der Waals surface area contributed by atoms with E-state index in [1.807, 2.05) is 25.3 Å². The molecule has 6 heteroatoms. The van der Waals surface area contributed by atoms with E-state index < -0.39 is 9.84 Å². The second-order valence-electron chi connectivity index (χ2n) is 5.26. The van der Waals surface area contributed by atoms with Gasteiger partial charge in [0.15, 0.2) is 9.84 Å². The molecule has 0 aliphatic rings. The van der Waals surface area contributed by atoms with E-state index in [1.54, 1.807) is 23.5 Å². The molecule has 0 spiro atoms. The number of benzene rings is 1. The van der Waals surface area contributed by atoms with Crippen molar-refractivity contribution >= 4 is 21.2 Å². The predicted molar refractivity (Wildman–Crippen MR) is 86.4 cm³/mol. The van der Waals surface area contributed by atoms with Gasteiger partial charge < -0.3 is 5.32 Å². The first-order chi connectivity index (χ1) is 9.77. The molecule has 1 N–H and O–H groups in total. The van der Waals surface area contributed by atoms with Crippen molar-refractivity contribution in [1.29, 1.82) is 0 Å². The minimum absolute atomic E-state index is 0.123. The second-order valence-corrected chi connectivity index (χ2v) is 8.54. The highest BCUT2D eigenvalue weighted by atomic mass is 32.2. The van der Waals surface area contributed by atoms with Crippen LogP contribution < -0.4 is 5.32 Å². The van der Waals surface area contributed by atoms with Crippen LogP contribution in [0.5, 0.6) is 0 Å². The molecular formula is C15H20N2O2S2. The molecule has 114 valence electrons. The Morgan fingerprint density at radius 2 is 1.76 bits per heavy atom. The zero-order valence-electron chi connectivity index (χ0n) is 12.6. The number of nitrogens with zero attached hydrogens (tertiary/aromatic N) is 1. The number of hydrogen-bond acceptors (Lipinski definition) is 5. The first kappa shape index (κ1) is 16.1. The van der Waals surface area contributed by atoms with E-state index in [9.17, 15) is 8.42 Å². The Bertz CT molecular complexity index is 706. The molecule has 21 heavy (non-hydrogen) atoms. The van der Waals surface area contributed by atoms with E-state index in [2.05, 4.69) is 24.1 Å². The van der Waals surface area contributed by atoms with E-state index in [1.165, 1.54) is 11.1 Å². The molecule has 1 heterocycles. The fourth-order valence-corrected chi connectivity index (χ4v) is 3.53. The SMILES string of the molecule is Cc1cnc(C(C)NC(C)c2ccc(S(C)(=O)=O)cc2)s1. The van der Waals surface area contributed by atoms with E-state index >= 15 is 0 Å². The maximum Gasteiger partial charge on any atom is 0.175 e. The molecule has 0 aliphatic heterocycles. The molecule has 0 amide bonds. The molecule has 1 aromatic heterocycles. The maximum atomic E-state index is 11.5. The summed E-state index contributed by atoms with van der Waals surface area (Å²) >= 11 is 1.69. The average molecular weight is 324 g/mol. The lowest BCUT2D eigenvalue weighted by molar-refractivity contribution is 0.493. The van der Waals surface area contributed by atoms with Gasteiger partial charge in [-0.1, -0.05) is 12.1 Å². The molecule has 4 nitrogen and oxygen atoms in total. The summed E-state index contributed by atoms with van der Waals surface area (Å²) in [7, 11) is -3.14. The lowest BCUT2D eigenvalue weighted by atomic mass is 10.1. The lowest BCUT2D eigenvalue weighted by Gasteiger charge is -2.19. The molecule has 2 atom stereocenters. The van der Waals surface area contributed by atoms with Crippen LogP contribution in [-0.4, -0.2) is 19.7 Å². The van der Waals surface area contributed by atoms with Crippen LogP contribution in [0.25, 0.3) is 0 Å². The standard InChI is InChI=1S/C15H20N2O2S2/c1-10-9-16-15(20-10)12(3)17-11(2)13-5-7-14(8-6-13)21(4,18)19/h5-9,11-12,17H,1-4H3. The third-order valence-electron chi connectivity index (χ3n) is 3.32. The first-order valence-corrected chi connectivity index (χ1v) is 9.46. The number of hydrogen-bond donors (Lipinski definition) is 1. The molecule has 0 saturated carbocycles. The molecular weight excluding hydrogens is 304 g/mol. The van der Waals surface area contributed by atoms with Crippen LogP contribution >= 0.6 is 11.3 Å². The summed E-state index contributed by atoms with van der Waals surface area (Å²) in [6, 6.07) is 7.30. The van der Waals surface area contributed by atoms with Gasteiger partial charge in [-0.05, 0) is 38.5 Å². The molecule has 0 aliphatic carbocycles. The number of aryl methyl sites for hydroxylation is 1. The van der Waals surface area contributed by atoms with Gasteiger partial charge in [-0.2, -0.15) is 0 Å². The van der Waals surface area contributed by atoms with Gasteiger partial charge in [0.25, 0.3) is 0 Å². The summed E-state index contributed by atoms with van der Waals surface area (Å²) in [5.41, 5.74) is 1.06. The fraction of sp³-hybridized carbons (Fsp3) is 0.400. The van der Waals surface area contributed by atoms with Crippen molar-refractivity contribution in [2.75, 3.05) is 6.26 Å². The van der Waals surface area contributed by atoms with E-state index in [0.717, 1.165) is 10.6 Å². The molecule has 1 aromatic carbocycles. The van der Waals surface area contributed by atoms with Gasteiger partial charge in [0, 0.05) is 23.4 Å². The van der Waals surface area contributed by atoms with E-state index in [0.29, 0.717) is 4.90 Å². The summed E-state index contributed by atoms with van der Waals surface area (Å²) in [5.74, 6) is 0. The minimum Gasteiger partial charge on any atom is -0.302 e. The minimum atomic E-state index is -3.14. The summed E-state index contributed by atoms with van der Waals surface area (Å²) in [5, 5.41) is 4.54. The number of aromatic nitrogens is 1. The summed E-state index contributed by atoms with van der Waals surface area (Å²) in [6.45, 7) is 6.19. The highest BCUT2D eigenvalue weighted by Crippen LogP contribution is 2.23. The Morgan fingerprint density at radius 3 is 2.24 bits per heavy atom. The van der Waals surface area contributed by atoms with Crippen molar-refractivity contribution in [2.24, 2.45) is 0 Å². The van der Waals surface area contributed by atoms with Crippen molar-refractivity contribution in [3.8, 4) is 0 Å². The van der Waals surface area contributed by atoms with Crippen molar-refractivity contribution in [3.63, 3.8) is 0 Å². The van der Waals surface area contributed by atoms with Gasteiger partial charge in [0.2, 0.25) is 0 Å². The van der Waals surface area contributed by atoms with Crippen molar-refractivity contribution < 1.29 is 8.42 Å². The summed E-state index contributed by atoms with van der Waals surface area (Å²) in [4.78, 5) is 5.93. The van der Waals surface area contributed by atoms with Crippen LogP contribution in [0.2, 0.25) is 0 Å². The number of thiazole rings is 1. The monoisotopic (exact) mass is 324 g/mol. The maximum absolute atomic E-state index is 11.5. The Morgan fingerprint density at radius 1 is 1.14 bits per heavy atom. The average Bonchev–Trinajstić information content (AvgIpc) is 2.84. The van der Waals surface area contributed by atoms with Crippen LogP contribution in [-0.2, 0) is 9.84 Å². The zero-order valence-corrected chi connectivity index (χ0v) is 14.3. The molecule has 0 saturated heterocycles. The highest BCUT2D eigenvalue weighted by molar-refractivity contribution is 7.90. The van der Waals surface area contributed by atoms with Gasteiger partial charge in [-0.25, -0.2) is 13.4 Å². The predicted octanol–water partition coefficient (Wildman–Crippen LogP) is 3.27. The van der Waals surface area contributed by atoms with Crippen molar-refractivity contribution in [2.45, 2.75) is 37.8 Å². The summed E-state index contributed by atoms with van der Waals surface area (Å²) < 4.78 is 22.9. The Kier molecular flexibility index (Phi) is 4.81. The fourth-order valence-electron chi connectivity index (χ4n) is 2.12. The van der Waals surface area contributed by atoms with E-state index in [4.69, 9.17) is 0 Å². The lowest BCUT2D eigenvalue weighted by Crippen LogP contribution is -2.22. The number of rotatable bonds is 5. The molecule has 0 radical (unpaired) electrons. The molecule has 0 bridgehead atoms.